The van der Waals surface area contributed by atoms with Crippen molar-refractivity contribution >= 4 is 17.7 Å². The first-order chi connectivity index (χ1) is 14.9. The van der Waals surface area contributed by atoms with E-state index in [1.165, 1.54) is 4.91 Å². The fourth-order valence-corrected chi connectivity index (χ4v) is 5.44. The minimum absolute atomic E-state index is 0.104. The van der Waals surface area contributed by atoms with Gasteiger partial charge < -0.3 is 19.5 Å². The molecule has 0 radical (unpaired) electrons. The van der Waals surface area contributed by atoms with Crippen molar-refractivity contribution < 1.29 is 19.4 Å². The number of hydrogen-bond acceptors (Lipinski definition) is 5. The fraction of sp³-hybridized carbons (Fsp3) is 0.560. The van der Waals surface area contributed by atoms with Crippen LogP contribution in [0.25, 0.3) is 0 Å². The van der Waals surface area contributed by atoms with Gasteiger partial charge in [0, 0.05) is 48.0 Å². The van der Waals surface area contributed by atoms with E-state index in [9.17, 15) is 9.90 Å². The molecule has 2 aliphatic rings. The van der Waals surface area contributed by atoms with Gasteiger partial charge in [0.15, 0.2) is 0 Å². The number of amides is 1. The number of rotatable bonds is 7. The summed E-state index contributed by atoms with van der Waals surface area (Å²) in [6, 6.07) is 3.39. The van der Waals surface area contributed by atoms with Crippen LogP contribution in [-0.4, -0.2) is 49.5 Å². The molecule has 1 heterocycles. The van der Waals surface area contributed by atoms with Gasteiger partial charge in [-0.3, -0.25) is 4.79 Å². The Kier molecular flexibility index (Phi) is 7.98. The van der Waals surface area contributed by atoms with Crippen LogP contribution in [0.5, 0.6) is 17.2 Å². The molecular formula is C25H35NO4S. The molecule has 5 nitrogen and oxygen atoms in total. The summed E-state index contributed by atoms with van der Waals surface area (Å²) < 4.78 is 10.9. The first-order valence-corrected chi connectivity index (χ1v) is 12.2. The minimum Gasteiger partial charge on any atom is -0.507 e. The number of ether oxygens (including phenoxy) is 2. The smallest absolute Gasteiger partial charge is 0.223 e. The topological polar surface area (TPSA) is 59.0 Å². The molecule has 1 aromatic rings. The monoisotopic (exact) mass is 445 g/mol. The zero-order chi connectivity index (χ0) is 22.5. The average Bonchev–Trinajstić information content (AvgIpc) is 2.76. The molecule has 1 aromatic carbocycles. The first kappa shape index (κ1) is 23.6. The molecule has 6 heteroatoms. The standard InChI is InChI=1S/C25H35NO4S/c1-16-10-17(2)15-26(14-16)24(28)13-21(18-6-8-20(31-5)9-7-18)25-22(27)11-19(29-3)12-23(25)30-4/h6,8-9,11-12,16-18,21,27H,7,10,13-15H2,1-5H3. The fourth-order valence-electron chi connectivity index (χ4n) is 4.97. The van der Waals surface area contributed by atoms with Gasteiger partial charge in [0.25, 0.3) is 0 Å². The molecular weight excluding hydrogens is 410 g/mol. The summed E-state index contributed by atoms with van der Waals surface area (Å²) in [5, 5.41) is 10.9. The van der Waals surface area contributed by atoms with Gasteiger partial charge in [-0.25, -0.2) is 0 Å². The van der Waals surface area contributed by atoms with Gasteiger partial charge in [-0.15, -0.1) is 11.8 Å². The van der Waals surface area contributed by atoms with Crippen molar-refractivity contribution in [2.24, 2.45) is 17.8 Å². The molecule has 4 atom stereocenters. The number of likely N-dealkylation sites (tertiary alicyclic amines) is 1. The molecule has 170 valence electrons. The van der Waals surface area contributed by atoms with E-state index < -0.39 is 0 Å². The number of allylic oxidation sites excluding steroid dienone is 3. The van der Waals surface area contributed by atoms with Gasteiger partial charge in [-0.05, 0) is 36.9 Å². The number of hydrogen-bond donors (Lipinski definition) is 1. The van der Waals surface area contributed by atoms with Crippen LogP contribution in [0.15, 0.2) is 35.3 Å². The van der Waals surface area contributed by atoms with Crippen LogP contribution < -0.4 is 9.47 Å². The minimum atomic E-state index is -0.184. The van der Waals surface area contributed by atoms with Crippen molar-refractivity contribution in [3.63, 3.8) is 0 Å². The highest BCUT2D eigenvalue weighted by atomic mass is 32.2. The van der Waals surface area contributed by atoms with Crippen LogP contribution in [0.3, 0.4) is 0 Å². The van der Waals surface area contributed by atoms with E-state index in [1.807, 2.05) is 4.90 Å². The molecule has 0 aromatic heterocycles. The highest BCUT2D eigenvalue weighted by molar-refractivity contribution is 8.02. The number of nitrogens with zero attached hydrogens (tertiary/aromatic N) is 1. The summed E-state index contributed by atoms with van der Waals surface area (Å²) in [6.45, 7) is 6.03. The molecule has 0 saturated carbocycles. The molecule has 1 amide bonds. The van der Waals surface area contributed by atoms with Crippen LogP contribution in [0.2, 0.25) is 0 Å². The Bertz CT molecular complexity index is 840. The highest BCUT2D eigenvalue weighted by Gasteiger charge is 2.33. The van der Waals surface area contributed by atoms with Crippen LogP contribution >= 0.6 is 11.8 Å². The maximum atomic E-state index is 13.4. The Hall–Kier alpha value is -2.08. The zero-order valence-electron chi connectivity index (χ0n) is 19.3. The van der Waals surface area contributed by atoms with E-state index in [1.54, 1.807) is 38.1 Å². The molecule has 0 spiro atoms. The van der Waals surface area contributed by atoms with E-state index in [0.29, 0.717) is 35.3 Å². The van der Waals surface area contributed by atoms with Gasteiger partial charge in [0.1, 0.15) is 17.2 Å². The van der Waals surface area contributed by atoms with E-state index >= 15 is 0 Å². The number of benzene rings is 1. The summed E-state index contributed by atoms with van der Waals surface area (Å²) in [7, 11) is 3.15. The Balaban J connectivity index is 1.94. The van der Waals surface area contributed by atoms with Gasteiger partial charge in [0.05, 0.1) is 14.2 Å². The molecule has 1 fully saturated rings. The Morgan fingerprint density at radius 1 is 1.23 bits per heavy atom. The number of carbonyl (C=O) groups is 1. The molecule has 3 rings (SSSR count). The molecule has 0 bridgehead atoms. The summed E-state index contributed by atoms with van der Waals surface area (Å²) in [6.07, 6.45) is 10.9. The number of carbonyl (C=O) groups excluding carboxylic acids is 1. The molecule has 1 saturated heterocycles. The van der Waals surface area contributed by atoms with Crippen molar-refractivity contribution in [1.82, 2.24) is 4.90 Å². The maximum absolute atomic E-state index is 13.4. The van der Waals surface area contributed by atoms with E-state index in [4.69, 9.17) is 9.47 Å². The quantitative estimate of drug-likeness (QED) is 0.624. The van der Waals surface area contributed by atoms with Gasteiger partial charge in [-0.1, -0.05) is 32.1 Å². The largest absolute Gasteiger partial charge is 0.507 e. The van der Waals surface area contributed by atoms with E-state index in [0.717, 1.165) is 25.9 Å². The third-order valence-corrected chi connectivity index (χ3v) is 7.16. The molecule has 31 heavy (non-hydrogen) atoms. The van der Waals surface area contributed by atoms with Crippen LogP contribution in [0.1, 0.15) is 44.6 Å². The lowest BCUT2D eigenvalue weighted by molar-refractivity contribution is -0.134. The van der Waals surface area contributed by atoms with Crippen LogP contribution in [-0.2, 0) is 4.79 Å². The van der Waals surface area contributed by atoms with Crippen molar-refractivity contribution in [3.05, 3.63) is 40.8 Å². The summed E-state index contributed by atoms with van der Waals surface area (Å²) in [5.41, 5.74) is 0.686. The third-order valence-electron chi connectivity index (χ3n) is 6.39. The van der Waals surface area contributed by atoms with Crippen molar-refractivity contribution in [1.29, 1.82) is 0 Å². The van der Waals surface area contributed by atoms with Crippen LogP contribution in [0, 0.1) is 17.8 Å². The Labute approximate surface area is 190 Å². The first-order valence-electron chi connectivity index (χ1n) is 11.0. The lowest BCUT2D eigenvalue weighted by Crippen LogP contribution is -2.43. The predicted molar refractivity (Wildman–Crippen MR) is 127 cm³/mol. The van der Waals surface area contributed by atoms with E-state index in [-0.39, 0.29) is 23.5 Å². The lowest BCUT2D eigenvalue weighted by atomic mass is 9.78. The molecule has 4 unspecified atom stereocenters. The summed E-state index contributed by atoms with van der Waals surface area (Å²) >= 11 is 1.72. The summed E-state index contributed by atoms with van der Waals surface area (Å²) in [4.78, 5) is 16.6. The predicted octanol–water partition coefficient (Wildman–Crippen LogP) is 5.21. The number of phenols is 1. The second-order valence-electron chi connectivity index (χ2n) is 8.89. The van der Waals surface area contributed by atoms with Crippen molar-refractivity contribution in [3.8, 4) is 17.2 Å². The number of thioether (sulfide) groups is 1. The maximum Gasteiger partial charge on any atom is 0.223 e. The number of methoxy groups -OCH3 is 2. The molecule has 1 N–H and O–H groups in total. The Morgan fingerprint density at radius 3 is 2.48 bits per heavy atom. The number of aromatic hydroxyl groups is 1. The number of phenolic OH excluding ortho intramolecular Hbond substituents is 1. The second kappa shape index (κ2) is 10.5. The lowest BCUT2D eigenvalue weighted by Gasteiger charge is -2.37. The normalized spacial score (nSPS) is 24.5. The molecule has 1 aliphatic heterocycles. The zero-order valence-corrected chi connectivity index (χ0v) is 20.1. The van der Waals surface area contributed by atoms with Crippen molar-refractivity contribution in [2.75, 3.05) is 33.6 Å². The third kappa shape index (κ3) is 5.59. The molecule has 1 aliphatic carbocycles. The second-order valence-corrected chi connectivity index (χ2v) is 9.77. The van der Waals surface area contributed by atoms with Gasteiger partial charge in [0.2, 0.25) is 5.91 Å². The van der Waals surface area contributed by atoms with Gasteiger partial charge in [-0.2, -0.15) is 0 Å². The SMILES string of the molecule is COc1cc(O)c(C(CC(=O)N2CC(C)CC(C)C2)C2C=CC(SC)=CC2)c(OC)c1. The van der Waals surface area contributed by atoms with Crippen molar-refractivity contribution in [2.45, 2.75) is 39.0 Å². The average molecular weight is 446 g/mol. The Morgan fingerprint density at radius 2 is 1.94 bits per heavy atom. The highest BCUT2D eigenvalue weighted by Crippen LogP contribution is 2.46. The number of piperidine rings is 1. The van der Waals surface area contributed by atoms with E-state index in [2.05, 4.69) is 38.3 Å². The van der Waals surface area contributed by atoms with Gasteiger partial charge >= 0.3 is 0 Å². The summed E-state index contributed by atoms with van der Waals surface area (Å²) in [5.74, 6) is 2.29. The van der Waals surface area contributed by atoms with Crippen LogP contribution in [0.4, 0.5) is 0 Å².